The molecule has 2 heteroatoms. The van der Waals surface area contributed by atoms with Crippen molar-refractivity contribution in [2.75, 3.05) is 11.5 Å². The van der Waals surface area contributed by atoms with Gasteiger partial charge in [-0.25, -0.2) is 0 Å². The molecule has 2 unspecified atom stereocenters. The number of hydrogen-bond donors (Lipinski definition) is 2. The summed E-state index contributed by atoms with van der Waals surface area (Å²) in [4.78, 5) is 0. The molecule has 0 spiro atoms. The molecule has 0 heterocycles. The van der Waals surface area contributed by atoms with Gasteiger partial charge in [0, 0.05) is 23.2 Å². The summed E-state index contributed by atoms with van der Waals surface area (Å²) in [6.07, 6.45) is 25.9. The highest BCUT2D eigenvalue weighted by Crippen LogP contribution is 2.33. The summed E-state index contributed by atoms with van der Waals surface area (Å²) in [5, 5.41) is 0. The summed E-state index contributed by atoms with van der Waals surface area (Å²) < 4.78 is 0. The van der Waals surface area contributed by atoms with E-state index in [4.69, 9.17) is 11.5 Å². The van der Waals surface area contributed by atoms with Crippen LogP contribution in [0.1, 0.15) is 175 Å². The molecule has 0 aliphatic rings. The highest BCUT2D eigenvalue weighted by molar-refractivity contribution is 5.44. The largest absolute Gasteiger partial charge is 0.399 e. The lowest BCUT2D eigenvalue weighted by molar-refractivity contribution is 0.568. The molecule has 270 valence electrons. The maximum absolute atomic E-state index is 6.02. The zero-order valence-electron chi connectivity index (χ0n) is 31.7. The number of aryl methyl sites for hydroxylation is 2. The Morgan fingerprint density at radius 3 is 0.960 bits per heavy atom. The molecular weight excluding hydrogens is 605 g/mol. The number of unbranched alkanes of at least 4 members (excludes halogenated alkanes) is 13. The SMILES string of the molecule is CCCCCCCCC(c1ccc(N)cc1)c1ccc(CCCCCCc2ccc(C(CCCCCCCC)c3ccc(N)cc3)cc2)cc1. The molecule has 2 atom stereocenters. The fourth-order valence-corrected chi connectivity index (χ4v) is 7.61. The summed E-state index contributed by atoms with van der Waals surface area (Å²) >= 11 is 0. The first kappa shape index (κ1) is 39.3. The molecule has 4 aromatic carbocycles. The number of hydrogen-bond acceptors (Lipinski definition) is 2. The van der Waals surface area contributed by atoms with Crippen molar-refractivity contribution >= 4 is 11.4 Å². The van der Waals surface area contributed by atoms with E-state index in [1.54, 1.807) is 0 Å². The van der Waals surface area contributed by atoms with E-state index in [0.717, 1.165) is 11.4 Å². The van der Waals surface area contributed by atoms with Crippen molar-refractivity contribution in [2.45, 2.75) is 154 Å². The topological polar surface area (TPSA) is 52.0 Å². The smallest absolute Gasteiger partial charge is 0.0314 e. The quantitative estimate of drug-likeness (QED) is 0.0544. The molecule has 0 saturated carbocycles. The van der Waals surface area contributed by atoms with Gasteiger partial charge in [0.2, 0.25) is 0 Å². The van der Waals surface area contributed by atoms with Gasteiger partial charge < -0.3 is 11.5 Å². The van der Waals surface area contributed by atoms with Crippen molar-refractivity contribution in [3.8, 4) is 0 Å². The van der Waals surface area contributed by atoms with Crippen molar-refractivity contribution in [1.82, 2.24) is 0 Å². The fourth-order valence-electron chi connectivity index (χ4n) is 7.61. The highest BCUT2D eigenvalue weighted by atomic mass is 14.5. The van der Waals surface area contributed by atoms with Crippen LogP contribution >= 0.6 is 0 Å². The van der Waals surface area contributed by atoms with E-state index in [9.17, 15) is 0 Å². The van der Waals surface area contributed by atoms with Crippen molar-refractivity contribution in [3.05, 3.63) is 130 Å². The summed E-state index contributed by atoms with van der Waals surface area (Å²) in [7, 11) is 0. The van der Waals surface area contributed by atoms with Crippen molar-refractivity contribution in [2.24, 2.45) is 0 Å². The number of benzene rings is 4. The third-order valence-corrected chi connectivity index (χ3v) is 10.8. The second kappa shape index (κ2) is 23.0. The van der Waals surface area contributed by atoms with Gasteiger partial charge in [-0.15, -0.1) is 0 Å². The lowest BCUT2D eigenvalue weighted by Gasteiger charge is -2.19. The molecule has 4 rings (SSSR count). The zero-order valence-corrected chi connectivity index (χ0v) is 31.7. The van der Waals surface area contributed by atoms with Gasteiger partial charge in [0.1, 0.15) is 0 Å². The van der Waals surface area contributed by atoms with E-state index < -0.39 is 0 Å². The normalized spacial score (nSPS) is 12.6. The van der Waals surface area contributed by atoms with Gasteiger partial charge >= 0.3 is 0 Å². The minimum Gasteiger partial charge on any atom is -0.399 e. The van der Waals surface area contributed by atoms with E-state index in [1.165, 1.54) is 162 Å². The van der Waals surface area contributed by atoms with Crippen LogP contribution in [0.4, 0.5) is 11.4 Å². The van der Waals surface area contributed by atoms with Gasteiger partial charge in [-0.1, -0.05) is 177 Å². The molecule has 4 aromatic rings. The first-order chi connectivity index (χ1) is 24.6. The molecule has 0 bridgehead atoms. The third-order valence-electron chi connectivity index (χ3n) is 10.8. The molecule has 0 radical (unpaired) electrons. The van der Waals surface area contributed by atoms with Gasteiger partial charge in [0.25, 0.3) is 0 Å². The minimum atomic E-state index is 0.453. The van der Waals surface area contributed by atoms with Gasteiger partial charge in [-0.3, -0.25) is 0 Å². The van der Waals surface area contributed by atoms with Crippen LogP contribution < -0.4 is 11.5 Å². The molecule has 50 heavy (non-hydrogen) atoms. The molecule has 0 fully saturated rings. The number of nitrogens with two attached hydrogens (primary N) is 2. The van der Waals surface area contributed by atoms with E-state index in [0.29, 0.717) is 11.8 Å². The number of anilines is 2. The summed E-state index contributed by atoms with van der Waals surface area (Å²) in [6, 6.07) is 36.3. The van der Waals surface area contributed by atoms with Crippen LogP contribution in [-0.2, 0) is 12.8 Å². The third kappa shape index (κ3) is 14.0. The lowest BCUT2D eigenvalue weighted by atomic mass is 9.86. The minimum absolute atomic E-state index is 0.453. The van der Waals surface area contributed by atoms with Crippen LogP contribution in [0.5, 0.6) is 0 Å². The van der Waals surface area contributed by atoms with Crippen LogP contribution in [0.2, 0.25) is 0 Å². The lowest BCUT2D eigenvalue weighted by Crippen LogP contribution is -2.02. The maximum Gasteiger partial charge on any atom is 0.0314 e. The van der Waals surface area contributed by atoms with Crippen LogP contribution in [0.15, 0.2) is 97.1 Å². The Kier molecular flexibility index (Phi) is 18.1. The Morgan fingerprint density at radius 2 is 0.620 bits per heavy atom. The van der Waals surface area contributed by atoms with Gasteiger partial charge in [-0.2, -0.15) is 0 Å². The second-order valence-corrected chi connectivity index (χ2v) is 14.9. The Labute approximate surface area is 306 Å². The van der Waals surface area contributed by atoms with Crippen molar-refractivity contribution < 1.29 is 0 Å². The predicted molar refractivity (Wildman–Crippen MR) is 220 cm³/mol. The van der Waals surface area contributed by atoms with E-state index in [-0.39, 0.29) is 0 Å². The highest BCUT2D eigenvalue weighted by Gasteiger charge is 2.16. The van der Waals surface area contributed by atoms with Crippen LogP contribution in [-0.4, -0.2) is 0 Å². The number of rotatable bonds is 25. The van der Waals surface area contributed by atoms with Crippen molar-refractivity contribution in [3.63, 3.8) is 0 Å². The van der Waals surface area contributed by atoms with Crippen LogP contribution in [0.3, 0.4) is 0 Å². The molecule has 0 aliphatic carbocycles. The van der Waals surface area contributed by atoms with E-state index >= 15 is 0 Å². The Hall–Kier alpha value is -3.52. The average molecular weight is 673 g/mol. The van der Waals surface area contributed by atoms with Crippen LogP contribution in [0, 0.1) is 0 Å². The molecule has 4 N–H and O–H groups in total. The van der Waals surface area contributed by atoms with Crippen molar-refractivity contribution in [1.29, 1.82) is 0 Å². The first-order valence-electron chi connectivity index (χ1n) is 20.5. The Bertz CT molecular complexity index is 1310. The predicted octanol–water partition coefficient (Wildman–Crippen LogP) is 14.0. The number of nitrogen functional groups attached to an aromatic ring is 2. The van der Waals surface area contributed by atoms with E-state index in [2.05, 4.69) is 111 Å². The van der Waals surface area contributed by atoms with Gasteiger partial charge in [0.05, 0.1) is 0 Å². The first-order valence-corrected chi connectivity index (χ1v) is 20.5. The molecule has 0 aromatic heterocycles. The molecular formula is C48H68N2. The summed E-state index contributed by atoms with van der Waals surface area (Å²) in [5.41, 5.74) is 22.3. The van der Waals surface area contributed by atoms with Gasteiger partial charge in [-0.05, 0) is 96.2 Å². The Balaban J connectivity index is 1.20. The standard InChI is InChI=1S/C48H68N2/c1-3-5-7-9-11-17-21-47(43-31-35-45(49)36-32-43)41-27-23-39(24-28-41)19-15-13-14-16-20-40-25-29-42(30-26-40)48(22-18-12-10-8-6-4-2)44-33-37-46(50)38-34-44/h23-38,47-48H,3-22,49-50H2,1-2H3. The molecule has 0 aliphatic heterocycles. The van der Waals surface area contributed by atoms with Gasteiger partial charge in [0.15, 0.2) is 0 Å². The van der Waals surface area contributed by atoms with E-state index in [1.807, 2.05) is 0 Å². The monoisotopic (exact) mass is 673 g/mol. The fraction of sp³-hybridized carbons (Fsp3) is 0.500. The average Bonchev–Trinajstić information content (AvgIpc) is 3.14. The molecule has 0 amide bonds. The summed E-state index contributed by atoms with van der Waals surface area (Å²) in [6.45, 7) is 4.58. The maximum atomic E-state index is 6.02. The second-order valence-electron chi connectivity index (χ2n) is 14.9. The Morgan fingerprint density at radius 1 is 0.340 bits per heavy atom. The molecule has 0 saturated heterocycles. The summed E-state index contributed by atoms with van der Waals surface area (Å²) in [5.74, 6) is 0.905. The van der Waals surface area contributed by atoms with Crippen LogP contribution in [0.25, 0.3) is 0 Å². The molecule has 2 nitrogen and oxygen atoms in total. The zero-order chi connectivity index (χ0) is 35.2.